The standard InChI is InChI=1S/C17H18N2O2S/c1-12(2)21-14-9-10-16-15(11-14)18(3)17(20)19(22-16)13-7-5-4-6-8-13/h4-12H,1-3H3. The van der Waals surface area contributed by atoms with Crippen molar-refractivity contribution in [1.29, 1.82) is 0 Å². The van der Waals surface area contributed by atoms with Gasteiger partial charge in [-0.05, 0) is 50.1 Å². The van der Waals surface area contributed by atoms with Crippen molar-refractivity contribution >= 4 is 29.4 Å². The molecule has 2 aromatic carbocycles. The Balaban J connectivity index is 1.95. The summed E-state index contributed by atoms with van der Waals surface area (Å²) in [5, 5.41) is 0. The molecule has 0 unspecified atom stereocenters. The Morgan fingerprint density at radius 1 is 1.09 bits per heavy atom. The molecule has 0 spiro atoms. The van der Waals surface area contributed by atoms with E-state index in [9.17, 15) is 4.79 Å². The van der Waals surface area contributed by atoms with E-state index in [2.05, 4.69) is 0 Å². The first-order chi connectivity index (χ1) is 10.6. The molecular formula is C17H18N2O2S. The van der Waals surface area contributed by atoms with Crippen LogP contribution in [0.4, 0.5) is 16.2 Å². The van der Waals surface area contributed by atoms with Gasteiger partial charge in [0.2, 0.25) is 0 Å². The van der Waals surface area contributed by atoms with Gasteiger partial charge in [-0.2, -0.15) is 0 Å². The van der Waals surface area contributed by atoms with E-state index in [0.717, 1.165) is 22.0 Å². The van der Waals surface area contributed by atoms with Gasteiger partial charge in [-0.1, -0.05) is 18.2 Å². The lowest BCUT2D eigenvalue weighted by Gasteiger charge is -2.33. The zero-order chi connectivity index (χ0) is 15.7. The van der Waals surface area contributed by atoms with Crippen LogP contribution in [0.25, 0.3) is 0 Å². The second-order valence-electron chi connectivity index (χ2n) is 5.36. The molecule has 2 aromatic rings. The van der Waals surface area contributed by atoms with Crippen molar-refractivity contribution in [2.24, 2.45) is 0 Å². The summed E-state index contributed by atoms with van der Waals surface area (Å²) in [6.45, 7) is 3.97. The molecule has 0 radical (unpaired) electrons. The highest BCUT2D eigenvalue weighted by Crippen LogP contribution is 2.42. The smallest absolute Gasteiger partial charge is 0.339 e. The second-order valence-corrected chi connectivity index (χ2v) is 6.35. The van der Waals surface area contributed by atoms with Crippen molar-refractivity contribution in [3.63, 3.8) is 0 Å². The molecule has 1 aliphatic rings. The van der Waals surface area contributed by atoms with E-state index in [4.69, 9.17) is 4.74 Å². The summed E-state index contributed by atoms with van der Waals surface area (Å²) in [7, 11) is 1.79. The minimum atomic E-state index is -0.0644. The van der Waals surface area contributed by atoms with Crippen LogP contribution in [-0.2, 0) is 0 Å². The largest absolute Gasteiger partial charge is 0.491 e. The van der Waals surface area contributed by atoms with Gasteiger partial charge >= 0.3 is 6.03 Å². The number of nitrogens with zero attached hydrogens (tertiary/aromatic N) is 2. The molecule has 0 fully saturated rings. The van der Waals surface area contributed by atoms with E-state index in [0.29, 0.717) is 0 Å². The first-order valence-electron chi connectivity index (χ1n) is 7.18. The Bertz CT molecular complexity index is 688. The van der Waals surface area contributed by atoms with Crippen LogP contribution >= 0.6 is 11.9 Å². The molecule has 0 atom stereocenters. The number of benzene rings is 2. The van der Waals surface area contributed by atoms with Gasteiger partial charge in [-0.25, -0.2) is 9.10 Å². The third kappa shape index (κ3) is 2.76. The quantitative estimate of drug-likeness (QED) is 0.779. The fourth-order valence-electron chi connectivity index (χ4n) is 2.29. The number of carbonyl (C=O) groups is 1. The van der Waals surface area contributed by atoms with Gasteiger partial charge in [0.15, 0.2) is 0 Å². The Kier molecular flexibility index (Phi) is 3.98. The average molecular weight is 314 g/mol. The lowest BCUT2D eigenvalue weighted by Crippen LogP contribution is -2.40. The monoisotopic (exact) mass is 314 g/mol. The Labute approximate surface area is 134 Å². The summed E-state index contributed by atoms with van der Waals surface area (Å²) >= 11 is 1.44. The van der Waals surface area contributed by atoms with Crippen molar-refractivity contribution < 1.29 is 9.53 Å². The molecule has 0 aliphatic carbocycles. The number of fused-ring (bicyclic) bond motifs is 1. The number of hydrogen-bond acceptors (Lipinski definition) is 3. The lowest BCUT2D eigenvalue weighted by molar-refractivity contribution is 0.242. The van der Waals surface area contributed by atoms with Gasteiger partial charge in [0, 0.05) is 13.1 Å². The minimum Gasteiger partial charge on any atom is -0.491 e. The van der Waals surface area contributed by atoms with Crippen molar-refractivity contribution in [2.45, 2.75) is 24.8 Å². The number of ether oxygens (including phenoxy) is 1. The zero-order valence-electron chi connectivity index (χ0n) is 12.8. The number of carbonyl (C=O) groups excluding carboxylic acids is 1. The Hall–Kier alpha value is -2.14. The highest BCUT2D eigenvalue weighted by molar-refractivity contribution is 8.01. The highest BCUT2D eigenvalue weighted by atomic mass is 32.2. The van der Waals surface area contributed by atoms with Gasteiger partial charge in [-0.3, -0.25) is 4.90 Å². The van der Waals surface area contributed by atoms with Crippen LogP contribution in [-0.4, -0.2) is 19.2 Å². The van der Waals surface area contributed by atoms with Crippen LogP contribution in [0.15, 0.2) is 53.4 Å². The maximum absolute atomic E-state index is 12.6. The molecule has 2 amide bonds. The van der Waals surface area contributed by atoms with Gasteiger partial charge in [0.05, 0.1) is 22.4 Å². The summed E-state index contributed by atoms with van der Waals surface area (Å²) in [6.07, 6.45) is 0.108. The van der Waals surface area contributed by atoms with Gasteiger partial charge < -0.3 is 4.74 Å². The van der Waals surface area contributed by atoms with E-state index < -0.39 is 0 Å². The molecule has 22 heavy (non-hydrogen) atoms. The second kappa shape index (κ2) is 5.93. The van der Waals surface area contributed by atoms with Crippen LogP contribution in [0.1, 0.15) is 13.8 Å². The molecular weight excluding hydrogens is 296 g/mol. The SMILES string of the molecule is CC(C)Oc1ccc2c(c1)N(C)C(=O)N(c1ccccc1)S2. The summed E-state index contributed by atoms with van der Waals surface area (Å²) in [6, 6.07) is 15.5. The number of rotatable bonds is 3. The molecule has 1 aliphatic heterocycles. The van der Waals surface area contributed by atoms with Crippen LogP contribution in [0.2, 0.25) is 0 Å². The molecule has 1 heterocycles. The van der Waals surface area contributed by atoms with Gasteiger partial charge in [-0.15, -0.1) is 0 Å². The first kappa shape index (κ1) is 14.8. The number of urea groups is 1. The number of hydrogen-bond donors (Lipinski definition) is 0. The predicted molar refractivity (Wildman–Crippen MR) is 90.8 cm³/mol. The molecule has 0 saturated carbocycles. The summed E-state index contributed by atoms with van der Waals surface area (Å²) in [4.78, 5) is 15.3. The average Bonchev–Trinajstić information content (AvgIpc) is 2.51. The number of para-hydroxylation sites is 1. The molecule has 0 aromatic heterocycles. The third-order valence-corrected chi connectivity index (χ3v) is 4.40. The molecule has 3 rings (SSSR count). The van der Waals surface area contributed by atoms with Crippen molar-refractivity contribution in [2.75, 3.05) is 16.3 Å². The van der Waals surface area contributed by atoms with Gasteiger partial charge in [0.1, 0.15) is 5.75 Å². The van der Waals surface area contributed by atoms with E-state index >= 15 is 0 Å². The predicted octanol–water partition coefficient (Wildman–Crippen LogP) is 4.56. The van der Waals surface area contributed by atoms with Crippen LogP contribution in [0.3, 0.4) is 0 Å². The van der Waals surface area contributed by atoms with E-state index in [1.165, 1.54) is 11.9 Å². The molecule has 4 nitrogen and oxygen atoms in total. The van der Waals surface area contributed by atoms with Crippen molar-refractivity contribution in [1.82, 2.24) is 0 Å². The molecule has 0 N–H and O–H groups in total. The Morgan fingerprint density at radius 2 is 1.82 bits per heavy atom. The summed E-state index contributed by atoms with van der Waals surface area (Å²) in [5.74, 6) is 0.780. The van der Waals surface area contributed by atoms with E-state index in [1.54, 1.807) is 16.3 Å². The first-order valence-corrected chi connectivity index (χ1v) is 7.95. The summed E-state index contributed by atoms with van der Waals surface area (Å²) in [5.41, 5.74) is 1.75. The molecule has 5 heteroatoms. The lowest BCUT2D eigenvalue weighted by atomic mass is 10.2. The van der Waals surface area contributed by atoms with Crippen LogP contribution < -0.4 is 13.9 Å². The van der Waals surface area contributed by atoms with E-state index in [-0.39, 0.29) is 12.1 Å². The van der Waals surface area contributed by atoms with E-state index in [1.807, 2.05) is 62.4 Å². The normalized spacial score (nSPS) is 14.3. The number of amides is 2. The van der Waals surface area contributed by atoms with Crippen molar-refractivity contribution in [3.05, 3.63) is 48.5 Å². The third-order valence-electron chi connectivity index (χ3n) is 3.30. The topological polar surface area (TPSA) is 32.8 Å². The van der Waals surface area contributed by atoms with Crippen molar-refractivity contribution in [3.8, 4) is 5.75 Å². The molecule has 0 saturated heterocycles. The van der Waals surface area contributed by atoms with Gasteiger partial charge in [0.25, 0.3) is 0 Å². The fourth-order valence-corrected chi connectivity index (χ4v) is 3.33. The van der Waals surface area contributed by atoms with Crippen LogP contribution in [0.5, 0.6) is 5.75 Å². The minimum absolute atomic E-state index is 0.0644. The molecule has 114 valence electrons. The maximum atomic E-state index is 12.6. The molecule has 0 bridgehead atoms. The van der Waals surface area contributed by atoms with Crippen LogP contribution in [0, 0.1) is 0 Å². The fraction of sp³-hybridized carbons (Fsp3) is 0.235. The summed E-state index contributed by atoms with van der Waals surface area (Å²) < 4.78 is 7.41. The highest BCUT2D eigenvalue weighted by Gasteiger charge is 2.30. The zero-order valence-corrected chi connectivity index (χ0v) is 13.6. The Morgan fingerprint density at radius 3 is 2.50 bits per heavy atom. The number of anilines is 2. The maximum Gasteiger partial charge on any atom is 0.339 e.